The van der Waals surface area contributed by atoms with Crippen molar-refractivity contribution in [2.24, 2.45) is 0 Å². The molecule has 0 radical (unpaired) electrons. The van der Waals surface area contributed by atoms with Crippen LogP contribution in [0, 0.1) is 0 Å². The average Bonchev–Trinajstić information content (AvgIpc) is 2.74. The van der Waals surface area contributed by atoms with Crippen LogP contribution >= 0.6 is 0 Å². The third-order valence-electron chi connectivity index (χ3n) is 5.79. The van der Waals surface area contributed by atoms with Crippen LogP contribution < -0.4 is 4.72 Å². The van der Waals surface area contributed by atoms with Crippen LogP contribution in [-0.4, -0.2) is 33.7 Å². The highest BCUT2D eigenvalue weighted by Gasteiger charge is 2.29. The monoisotopic (exact) mass is 434 g/mol. The van der Waals surface area contributed by atoms with Crippen molar-refractivity contribution in [3.05, 3.63) is 59.7 Å². The summed E-state index contributed by atoms with van der Waals surface area (Å²) in [5.41, 5.74) is 2.19. The molecule has 1 saturated carbocycles. The SMILES string of the molecule is O=S(=O)(NC1CCCCC1)c1ccc(S(=O)(=O)N2CCc3ccccc3C2)cc1. The number of nitrogens with zero attached hydrogens (tertiary/aromatic N) is 1. The number of fused-ring (bicyclic) bond motifs is 1. The minimum Gasteiger partial charge on any atom is -0.208 e. The van der Waals surface area contributed by atoms with Crippen LogP contribution in [0.5, 0.6) is 0 Å². The van der Waals surface area contributed by atoms with Crippen LogP contribution in [0.25, 0.3) is 0 Å². The van der Waals surface area contributed by atoms with Gasteiger partial charge in [0.1, 0.15) is 0 Å². The second kappa shape index (κ2) is 8.18. The van der Waals surface area contributed by atoms with Crippen LogP contribution in [0.4, 0.5) is 0 Å². The first kappa shape index (κ1) is 20.5. The molecule has 0 spiro atoms. The van der Waals surface area contributed by atoms with Crippen molar-refractivity contribution in [1.82, 2.24) is 9.03 Å². The summed E-state index contributed by atoms with van der Waals surface area (Å²) in [6.45, 7) is 0.754. The van der Waals surface area contributed by atoms with Crippen LogP contribution in [-0.2, 0) is 33.0 Å². The second-order valence-electron chi connectivity index (χ2n) is 7.78. The minimum absolute atomic E-state index is 0.0365. The number of hydrogen-bond donors (Lipinski definition) is 1. The Morgan fingerprint density at radius 3 is 2.10 bits per heavy atom. The van der Waals surface area contributed by atoms with Crippen molar-refractivity contribution in [3.63, 3.8) is 0 Å². The summed E-state index contributed by atoms with van der Waals surface area (Å²) in [5, 5.41) is 0. The first-order valence-corrected chi connectivity index (χ1v) is 13.0. The van der Waals surface area contributed by atoms with Gasteiger partial charge in [-0.2, -0.15) is 4.31 Å². The fourth-order valence-electron chi connectivity index (χ4n) is 4.12. The van der Waals surface area contributed by atoms with Gasteiger partial charge in [0, 0.05) is 19.1 Å². The molecule has 4 rings (SSSR count). The topological polar surface area (TPSA) is 83.5 Å². The van der Waals surface area contributed by atoms with Crippen LogP contribution in [0.1, 0.15) is 43.2 Å². The first-order chi connectivity index (χ1) is 13.9. The van der Waals surface area contributed by atoms with Gasteiger partial charge in [0.05, 0.1) is 9.79 Å². The quantitative estimate of drug-likeness (QED) is 0.784. The summed E-state index contributed by atoms with van der Waals surface area (Å²) in [6, 6.07) is 13.4. The van der Waals surface area contributed by atoms with Gasteiger partial charge in [-0.1, -0.05) is 43.5 Å². The Kier molecular flexibility index (Phi) is 5.79. The highest BCUT2D eigenvalue weighted by molar-refractivity contribution is 7.89. The maximum Gasteiger partial charge on any atom is 0.243 e. The molecule has 0 aromatic heterocycles. The van der Waals surface area contributed by atoms with Gasteiger partial charge in [-0.25, -0.2) is 21.6 Å². The van der Waals surface area contributed by atoms with E-state index in [2.05, 4.69) is 4.72 Å². The fraction of sp³-hybridized carbons (Fsp3) is 0.429. The molecule has 1 fully saturated rings. The maximum absolute atomic E-state index is 13.0. The molecule has 0 bridgehead atoms. The number of nitrogens with one attached hydrogen (secondary N) is 1. The molecule has 2 aromatic rings. The third-order valence-corrected chi connectivity index (χ3v) is 9.19. The summed E-state index contributed by atoms with van der Waals surface area (Å²) in [4.78, 5) is 0.222. The minimum atomic E-state index is -3.68. The highest BCUT2D eigenvalue weighted by Crippen LogP contribution is 2.26. The number of hydrogen-bond acceptors (Lipinski definition) is 4. The predicted octanol–water partition coefficient (Wildman–Crippen LogP) is 3.04. The summed E-state index contributed by atoms with van der Waals surface area (Å²) in [5.74, 6) is 0. The van der Waals surface area contributed by atoms with E-state index in [0.29, 0.717) is 19.5 Å². The van der Waals surface area contributed by atoms with Gasteiger partial charge < -0.3 is 0 Å². The second-order valence-corrected chi connectivity index (χ2v) is 11.4. The molecule has 2 aliphatic rings. The molecular weight excluding hydrogens is 408 g/mol. The van der Waals surface area contributed by atoms with E-state index < -0.39 is 20.0 Å². The molecule has 0 unspecified atom stereocenters. The van der Waals surface area contributed by atoms with Gasteiger partial charge >= 0.3 is 0 Å². The zero-order valence-corrected chi connectivity index (χ0v) is 17.9. The molecule has 6 nitrogen and oxygen atoms in total. The lowest BCUT2D eigenvalue weighted by atomic mass is 9.96. The van der Waals surface area contributed by atoms with Crippen molar-refractivity contribution in [1.29, 1.82) is 0 Å². The fourth-order valence-corrected chi connectivity index (χ4v) is 6.85. The first-order valence-electron chi connectivity index (χ1n) is 10.1. The molecule has 29 heavy (non-hydrogen) atoms. The lowest BCUT2D eigenvalue weighted by Gasteiger charge is -2.28. The molecule has 2 aromatic carbocycles. The Morgan fingerprint density at radius 2 is 1.41 bits per heavy atom. The van der Waals surface area contributed by atoms with Gasteiger partial charge in [0.2, 0.25) is 20.0 Å². The molecule has 1 heterocycles. The normalized spacial score (nSPS) is 19.0. The van der Waals surface area contributed by atoms with E-state index in [-0.39, 0.29) is 15.8 Å². The average molecular weight is 435 g/mol. The molecule has 0 atom stereocenters. The Labute approximate surface area is 173 Å². The summed E-state index contributed by atoms with van der Waals surface area (Å²) < 4.78 is 55.5. The predicted molar refractivity (Wildman–Crippen MR) is 111 cm³/mol. The maximum atomic E-state index is 13.0. The lowest BCUT2D eigenvalue weighted by molar-refractivity contribution is 0.391. The number of sulfonamides is 2. The van der Waals surface area contributed by atoms with Crippen molar-refractivity contribution < 1.29 is 16.8 Å². The van der Waals surface area contributed by atoms with Crippen molar-refractivity contribution in [2.45, 2.75) is 60.9 Å². The molecule has 1 aliphatic heterocycles. The summed E-state index contributed by atoms with van der Waals surface area (Å²) >= 11 is 0. The van der Waals surface area contributed by atoms with E-state index in [1.165, 1.54) is 34.1 Å². The number of rotatable bonds is 5. The van der Waals surface area contributed by atoms with E-state index in [9.17, 15) is 16.8 Å². The number of benzene rings is 2. The molecule has 8 heteroatoms. The van der Waals surface area contributed by atoms with Crippen LogP contribution in [0.15, 0.2) is 58.3 Å². The summed E-state index contributed by atoms with van der Waals surface area (Å²) in [7, 11) is -7.32. The highest BCUT2D eigenvalue weighted by atomic mass is 32.2. The molecule has 0 amide bonds. The Hall–Kier alpha value is -1.74. The van der Waals surface area contributed by atoms with Gasteiger partial charge in [0.25, 0.3) is 0 Å². The van der Waals surface area contributed by atoms with Gasteiger partial charge in [0.15, 0.2) is 0 Å². The van der Waals surface area contributed by atoms with E-state index in [0.717, 1.165) is 37.7 Å². The van der Waals surface area contributed by atoms with Gasteiger partial charge in [-0.15, -0.1) is 0 Å². The Bertz CT molecular complexity index is 1070. The smallest absolute Gasteiger partial charge is 0.208 e. The summed E-state index contributed by atoms with van der Waals surface area (Å²) in [6.07, 6.45) is 5.58. The van der Waals surface area contributed by atoms with Crippen molar-refractivity contribution in [2.75, 3.05) is 6.54 Å². The largest absolute Gasteiger partial charge is 0.243 e. The van der Waals surface area contributed by atoms with Crippen molar-refractivity contribution in [3.8, 4) is 0 Å². The van der Waals surface area contributed by atoms with E-state index >= 15 is 0 Å². The van der Waals surface area contributed by atoms with E-state index in [1.54, 1.807) is 0 Å². The van der Waals surface area contributed by atoms with E-state index in [4.69, 9.17) is 0 Å². The van der Waals surface area contributed by atoms with E-state index in [1.807, 2.05) is 24.3 Å². The molecule has 1 N–H and O–H groups in total. The van der Waals surface area contributed by atoms with Gasteiger partial charge in [-0.05, 0) is 54.7 Å². The third kappa shape index (κ3) is 4.40. The zero-order valence-electron chi connectivity index (χ0n) is 16.2. The van der Waals surface area contributed by atoms with Crippen LogP contribution in [0.3, 0.4) is 0 Å². The lowest BCUT2D eigenvalue weighted by Crippen LogP contribution is -2.36. The zero-order chi connectivity index (χ0) is 20.5. The Balaban J connectivity index is 1.51. The standard InChI is InChI=1S/C21H26N2O4S2/c24-28(25,22-19-8-2-1-3-9-19)20-10-12-21(13-11-20)29(26,27)23-15-14-17-6-4-5-7-18(17)16-23/h4-7,10-13,19,22H,1-3,8-9,14-16H2. The molecule has 156 valence electrons. The Morgan fingerprint density at radius 1 is 0.793 bits per heavy atom. The molecule has 1 aliphatic carbocycles. The molecular formula is C21H26N2O4S2. The molecule has 0 saturated heterocycles. The van der Waals surface area contributed by atoms with Crippen LogP contribution in [0.2, 0.25) is 0 Å². The van der Waals surface area contributed by atoms with Gasteiger partial charge in [-0.3, -0.25) is 0 Å². The van der Waals surface area contributed by atoms with Crippen molar-refractivity contribution >= 4 is 20.0 Å².